The highest BCUT2D eigenvalue weighted by Crippen LogP contribution is 2.67. The number of allylic oxidation sites excluding steroid dienone is 1. The van der Waals surface area contributed by atoms with Crippen LogP contribution < -0.4 is 0 Å². The molecule has 5 rings (SSSR count). The number of hydrogen-bond acceptors (Lipinski definition) is 8. The normalized spacial score (nSPS) is 36.8. The smallest absolute Gasteiger partial charge is 0.209 e. The van der Waals surface area contributed by atoms with E-state index in [1.165, 1.54) is 6.92 Å². The van der Waals surface area contributed by atoms with E-state index in [4.69, 9.17) is 0 Å². The van der Waals surface area contributed by atoms with Crippen molar-refractivity contribution in [3.63, 3.8) is 0 Å². The van der Waals surface area contributed by atoms with Gasteiger partial charge in [0.1, 0.15) is 22.8 Å². The van der Waals surface area contributed by atoms with Crippen LogP contribution in [0.1, 0.15) is 134 Å². The summed E-state index contributed by atoms with van der Waals surface area (Å²) in [5.74, 6) is -5.61. The fourth-order valence-electron chi connectivity index (χ4n) is 10.0. The number of unbranched alkanes of at least 4 members (excludes halogenated alkanes) is 1. The van der Waals surface area contributed by atoms with E-state index in [1.54, 1.807) is 27.7 Å². The summed E-state index contributed by atoms with van der Waals surface area (Å²) in [5.41, 5.74) is -6.09. The van der Waals surface area contributed by atoms with E-state index in [0.29, 0.717) is 23.0 Å². The van der Waals surface area contributed by atoms with Gasteiger partial charge in [-0.1, -0.05) is 86.3 Å². The number of phenols is 1. The van der Waals surface area contributed by atoms with Crippen molar-refractivity contribution in [3.8, 4) is 5.75 Å². The number of rotatable bonds is 7. The molecule has 4 aliphatic rings. The van der Waals surface area contributed by atoms with E-state index in [9.17, 15) is 39.9 Å². The number of aliphatic hydroxyl groups is 4. The second-order valence-corrected chi connectivity index (χ2v) is 15.6. The standard InChI is InChI=1S/C38H52O8/c1-9-10-11-24(22-14-12-19(4)13-15-22)25-17-16-23-20(5)36(7)29(32(42)27(23)30(25)40)34(44)38(46)33(43)26(21(6)39)31(41)28(18(2)3)37(38,8)35(36)45/h16-20,22,24,28,35,40-41,44-46H,9-15H2,1-8H3/t19?,20-,22?,24?,28?,35-,36+,37+,38+/m1/s1. The lowest BCUT2D eigenvalue weighted by Crippen LogP contribution is -2.73. The molecule has 1 fully saturated rings. The highest BCUT2D eigenvalue weighted by Gasteiger charge is 2.76. The van der Waals surface area contributed by atoms with Gasteiger partial charge in [0.25, 0.3) is 0 Å². The highest BCUT2D eigenvalue weighted by molar-refractivity contribution is 6.25. The second kappa shape index (κ2) is 11.6. The van der Waals surface area contributed by atoms with E-state index in [-0.39, 0.29) is 22.8 Å². The van der Waals surface area contributed by atoms with Crippen molar-refractivity contribution in [1.82, 2.24) is 0 Å². The summed E-state index contributed by atoms with van der Waals surface area (Å²) in [5, 5.41) is 60.2. The lowest BCUT2D eigenvalue weighted by atomic mass is 9.41. The van der Waals surface area contributed by atoms with Crippen LogP contribution in [-0.4, -0.2) is 54.6 Å². The maximum Gasteiger partial charge on any atom is 0.209 e. The van der Waals surface area contributed by atoms with E-state index >= 15 is 0 Å². The molecule has 0 aromatic heterocycles. The van der Waals surface area contributed by atoms with Crippen molar-refractivity contribution in [2.75, 3.05) is 0 Å². The summed E-state index contributed by atoms with van der Waals surface area (Å²) in [7, 11) is 0. The highest BCUT2D eigenvalue weighted by atomic mass is 16.4. The second-order valence-electron chi connectivity index (χ2n) is 15.6. The minimum absolute atomic E-state index is 0.0166. The van der Waals surface area contributed by atoms with Crippen molar-refractivity contribution in [2.24, 2.45) is 34.5 Å². The first-order valence-electron chi connectivity index (χ1n) is 17.2. The molecule has 0 spiro atoms. The lowest BCUT2D eigenvalue weighted by Gasteiger charge is -2.63. The van der Waals surface area contributed by atoms with E-state index < -0.39 is 74.7 Å². The Hall–Kier alpha value is -2.97. The number of aromatic hydroxyl groups is 1. The van der Waals surface area contributed by atoms with Gasteiger partial charge in [0.15, 0.2) is 17.2 Å². The molecule has 1 aromatic carbocycles. The summed E-state index contributed by atoms with van der Waals surface area (Å²) in [4.78, 5) is 41.4. The fraction of sp³-hybridized carbons (Fsp3) is 0.658. The molecular formula is C38H52O8. The monoisotopic (exact) mass is 636 g/mol. The molecule has 8 nitrogen and oxygen atoms in total. The largest absolute Gasteiger partial charge is 0.511 e. The topological polar surface area (TPSA) is 152 Å². The number of benzene rings is 1. The van der Waals surface area contributed by atoms with Crippen LogP contribution in [0.15, 0.2) is 34.8 Å². The Bertz CT molecular complexity index is 1530. The molecule has 0 amide bonds. The van der Waals surface area contributed by atoms with Gasteiger partial charge in [-0.2, -0.15) is 0 Å². The Morgan fingerprint density at radius 1 is 1.02 bits per heavy atom. The summed E-state index contributed by atoms with van der Waals surface area (Å²) in [6.45, 7) is 13.8. The third-order valence-electron chi connectivity index (χ3n) is 12.8. The molecular weight excluding hydrogens is 584 g/mol. The van der Waals surface area contributed by atoms with Crippen LogP contribution in [0.2, 0.25) is 0 Å². The van der Waals surface area contributed by atoms with Crippen molar-refractivity contribution in [3.05, 3.63) is 51.5 Å². The average molecular weight is 637 g/mol. The maximum atomic E-state index is 14.7. The number of Topliss-reactive ketones (excluding diaryl/α,β-unsaturated/α-hetero) is 3. The van der Waals surface area contributed by atoms with Crippen LogP contribution in [0.3, 0.4) is 0 Å². The van der Waals surface area contributed by atoms with E-state index in [2.05, 4.69) is 13.8 Å². The van der Waals surface area contributed by atoms with Crippen molar-refractivity contribution < 1.29 is 39.9 Å². The number of phenolic OH excluding ortho intramolecular Hbond substituents is 1. The molecule has 252 valence electrons. The minimum atomic E-state index is -2.88. The van der Waals surface area contributed by atoms with Gasteiger partial charge in [-0.15, -0.1) is 0 Å². The molecule has 8 heteroatoms. The maximum absolute atomic E-state index is 14.7. The van der Waals surface area contributed by atoms with Crippen LogP contribution in [0.5, 0.6) is 5.75 Å². The Balaban J connectivity index is 1.75. The summed E-state index contributed by atoms with van der Waals surface area (Å²) < 4.78 is 0. The summed E-state index contributed by atoms with van der Waals surface area (Å²) in [6, 6.07) is 3.76. The van der Waals surface area contributed by atoms with Crippen LogP contribution >= 0.6 is 0 Å². The van der Waals surface area contributed by atoms with Gasteiger partial charge in [0.05, 0.1) is 17.2 Å². The molecule has 5 N–H and O–H groups in total. The Morgan fingerprint density at radius 2 is 1.63 bits per heavy atom. The van der Waals surface area contributed by atoms with Gasteiger partial charge < -0.3 is 25.5 Å². The molecule has 0 bridgehead atoms. The van der Waals surface area contributed by atoms with Crippen LogP contribution in [0.25, 0.3) is 0 Å². The number of carbonyl (C=O) groups excluding carboxylic acids is 3. The predicted octanol–water partition coefficient (Wildman–Crippen LogP) is 6.98. The van der Waals surface area contributed by atoms with Gasteiger partial charge in [0.2, 0.25) is 5.78 Å². The van der Waals surface area contributed by atoms with E-state index in [0.717, 1.165) is 51.9 Å². The molecule has 0 aliphatic heterocycles. The molecule has 1 aromatic rings. The van der Waals surface area contributed by atoms with Gasteiger partial charge in [0, 0.05) is 16.7 Å². The Morgan fingerprint density at radius 3 is 2.17 bits per heavy atom. The number of hydrogen-bond donors (Lipinski definition) is 5. The molecule has 2 unspecified atom stereocenters. The van der Waals surface area contributed by atoms with Crippen molar-refractivity contribution in [1.29, 1.82) is 0 Å². The molecule has 7 atom stereocenters. The Kier molecular flexibility index (Phi) is 8.68. The van der Waals surface area contributed by atoms with Gasteiger partial charge in [-0.05, 0) is 66.9 Å². The van der Waals surface area contributed by atoms with Crippen molar-refractivity contribution in [2.45, 2.75) is 124 Å². The third kappa shape index (κ3) is 4.34. The first-order valence-corrected chi connectivity index (χ1v) is 17.2. The number of ketones is 3. The first kappa shape index (κ1) is 34.4. The van der Waals surface area contributed by atoms with Gasteiger partial charge in [-0.3, -0.25) is 14.4 Å². The number of carbonyl (C=O) groups is 3. The van der Waals surface area contributed by atoms with Gasteiger partial charge in [-0.25, -0.2) is 0 Å². The minimum Gasteiger partial charge on any atom is -0.511 e. The Labute approximate surface area is 272 Å². The number of fused-ring (bicyclic) bond motifs is 3. The quantitative estimate of drug-likeness (QED) is 0.201. The predicted molar refractivity (Wildman–Crippen MR) is 175 cm³/mol. The molecule has 4 aliphatic carbocycles. The van der Waals surface area contributed by atoms with Gasteiger partial charge >= 0.3 is 0 Å². The zero-order valence-corrected chi connectivity index (χ0v) is 28.6. The SMILES string of the molecule is CCCCC(c1ccc2c(c1O)C(=O)C1=C(O)[C@@]3(O)C(=O)C(C(C)=O)=C(O)C(C(C)C)[C@@]3(C)[C@H](O)[C@@]1(C)[C@@H]2C)C1CCC(C)CC1. The molecule has 46 heavy (non-hydrogen) atoms. The van der Waals surface area contributed by atoms with Crippen LogP contribution in [-0.2, 0) is 9.59 Å². The third-order valence-corrected chi connectivity index (χ3v) is 12.8. The molecule has 0 radical (unpaired) electrons. The summed E-state index contributed by atoms with van der Waals surface area (Å²) >= 11 is 0. The molecule has 1 saturated carbocycles. The van der Waals surface area contributed by atoms with Crippen LogP contribution in [0.4, 0.5) is 0 Å². The van der Waals surface area contributed by atoms with Crippen LogP contribution in [0, 0.1) is 34.5 Å². The number of aliphatic hydroxyl groups excluding tert-OH is 3. The van der Waals surface area contributed by atoms with E-state index in [1.807, 2.05) is 12.1 Å². The summed E-state index contributed by atoms with van der Waals surface area (Å²) in [6.07, 6.45) is 5.50. The molecule has 0 saturated heterocycles. The lowest BCUT2D eigenvalue weighted by molar-refractivity contribution is -0.211. The zero-order chi connectivity index (χ0) is 34.3. The fourth-order valence-corrected chi connectivity index (χ4v) is 10.0. The zero-order valence-electron chi connectivity index (χ0n) is 28.6. The molecule has 0 heterocycles. The van der Waals surface area contributed by atoms with Crippen molar-refractivity contribution >= 4 is 17.3 Å². The first-order chi connectivity index (χ1) is 21.4. The average Bonchev–Trinajstić information content (AvgIpc) is 2.98.